The lowest BCUT2D eigenvalue weighted by Gasteiger charge is -2.14. The first-order valence-corrected chi connectivity index (χ1v) is 7.94. The Hall–Kier alpha value is -2.86. The van der Waals surface area contributed by atoms with Gasteiger partial charge in [0.2, 0.25) is 0 Å². The lowest BCUT2D eigenvalue weighted by molar-refractivity contribution is 0.867. The molecular formula is C17H11ClN4O2. The van der Waals surface area contributed by atoms with Crippen LogP contribution in [0.4, 0.5) is 0 Å². The number of hydrogen-bond donors (Lipinski definition) is 3. The highest BCUT2D eigenvalue weighted by Gasteiger charge is 2.25. The van der Waals surface area contributed by atoms with Gasteiger partial charge in [0.15, 0.2) is 0 Å². The summed E-state index contributed by atoms with van der Waals surface area (Å²) in [6.07, 6.45) is 1.45. The molecule has 6 nitrogen and oxygen atoms in total. The van der Waals surface area contributed by atoms with Crippen molar-refractivity contribution in [3.63, 3.8) is 0 Å². The molecule has 3 N–H and O–H groups in total. The van der Waals surface area contributed by atoms with E-state index in [1.54, 1.807) is 18.2 Å². The Kier molecular flexibility index (Phi) is 2.59. The smallest absolute Gasteiger partial charge is 0.264 e. The van der Waals surface area contributed by atoms with Crippen molar-refractivity contribution in [2.45, 2.75) is 12.8 Å². The number of rotatable bonds is 0. The van der Waals surface area contributed by atoms with Crippen molar-refractivity contribution in [1.29, 1.82) is 0 Å². The lowest BCUT2D eigenvalue weighted by Crippen LogP contribution is -2.15. The number of aromatic amines is 3. The molecule has 0 saturated carbocycles. The molecule has 0 atom stereocenters. The number of aromatic nitrogens is 4. The molecule has 0 amide bonds. The normalized spacial score (nSPS) is 13.2. The summed E-state index contributed by atoms with van der Waals surface area (Å²) in [5, 5.41) is 8.69. The number of nitrogens with one attached hydrogen (secondary N) is 3. The summed E-state index contributed by atoms with van der Waals surface area (Å²) in [5.74, 6) is 0. The predicted molar refractivity (Wildman–Crippen MR) is 92.7 cm³/mol. The number of hydrogen-bond acceptors (Lipinski definition) is 3. The Bertz CT molecular complexity index is 1270. The van der Waals surface area contributed by atoms with Crippen LogP contribution in [0.15, 0.2) is 33.9 Å². The molecule has 5 rings (SSSR count). The van der Waals surface area contributed by atoms with Gasteiger partial charge in [-0.05, 0) is 36.6 Å². The third kappa shape index (κ3) is 1.74. The molecule has 0 spiro atoms. The fraction of sp³-hybridized carbons (Fsp3) is 0.118. The number of pyridine rings is 1. The van der Waals surface area contributed by atoms with Crippen molar-refractivity contribution in [2.75, 3.05) is 0 Å². The van der Waals surface area contributed by atoms with Gasteiger partial charge in [-0.2, -0.15) is 5.10 Å². The zero-order valence-corrected chi connectivity index (χ0v) is 13.1. The van der Waals surface area contributed by atoms with Crippen molar-refractivity contribution >= 4 is 33.4 Å². The van der Waals surface area contributed by atoms with Gasteiger partial charge in [-0.3, -0.25) is 9.59 Å². The highest BCUT2D eigenvalue weighted by Crippen LogP contribution is 2.37. The van der Waals surface area contributed by atoms with Crippen molar-refractivity contribution in [2.24, 2.45) is 0 Å². The van der Waals surface area contributed by atoms with Crippen molar-refractivity contribution in [3.05, 3.63) is 61.3 Å². The van der Waals surface area contributed by atoms with Crippen molar-refractivity contribution < 1.29 is 0 Å². The van der Waals surface area contributed by atoms with E-state index in [0.717, 1.165) is 34.1 Å². The summed E-state index contributed by atoms with van der Waals surface area (Å²) < 4.78 is 0. The summed E-state index contributed by atoms with van der Waals surface area (Å²) in [5.41, 5.74) is 4.31. The SMILES string of the molecule is O=c1cc2c(n[nH]1)-c1c([nH]c3c1c(=O)[nH]c1cc(Cl)ccc13)CC2. The molecule has 7 heteroatoms. The molecule has 0 aliphatic heterocycles. The van der Waals surface area contributed by atoms with Crippen LogP contribution in [-0.4, -0.2) is 20.2 Å². The van der Waals surface area contributed by atoms with Crippen molar-refractivity contribution in [3.8, 4) is 11.3 Å². The van der Waals surface area contributed by atoms with Gasteiger partial charge in [-0.1, -0.05) is 11.6 Å². The number of nitrogens with zero attached hydrogens (tertiary/aromatic N) is 1. The van der Waals surface area contributed by atoms with Crippen LogP contribution in [-0.2, 0) is 12.8 Å². The highest BCUT2D eigenvalue weighted by molar-refractivity contribution is 6.31. The van der Waals surface area contributed by atoms with Gasteiger partial charge in [0.1, 0.15) is 0 Å². The summed E-state index contributed by atoms with van der Waals surface area (Å²) in [6, 6.07) is 6.98. The molecule has 3 aromatic heterocycles. The maximum absolute atomic E-state index is 12.7. The van der Waals surface area contributed by atoms with Gasteiger partial charge in [0.05, 0.1) is 22.1 Å². The second kappa shape index (κ2) is 4.58. The fourth-order valence-electron chi connectivity index (χ4n) is 3.56. The van der Waals surface area contributed by atoms with Gasteiger partial charge in [0, 0.05) is 27.7 Å². The number of aryl methyl sites for hydroxylation is 2. The van der Waals surface area contributed by atoms with E-state index in [4.69, 9.17) is 11.6 Å². The van der Waals surface area contributed by atoms with Crippen LogP contribution in [0.25, 0.3) is 33.1 Å². The van der Waals surface area contributed by atoms with E-state index >= 15 is 0 Å². The lowest BCUT2D eigenvalue weighted by atomic mass is 9.93. The molecule has 1 aromatic carbocycles. The molecule has 1 aliphatic rings. The van der Waals surface area contributed by atoms with E-state index in [-0.39, 0.29) is 11.1 Å². The summed E-state index contributed by atoms with van der Waals surface area (Å²) in [7, 11) is 0. The Balaban J connectivity index is 1.97. The van der Waals surface area contributed by atoms with Gasteiger partial charge in [-0.15, -0.1) is 0 Å². The van der Waals surface area contributed by atoms with Gasteiger partial charge in [-0.25, -0.2) is 5.10 Å². The minimum absolute atomic E-state index is 0.196. The quantitative estimate of drug-likeness (QED) is 0.460. The van der Waals surface area contributed by atoms with Crippen LogP contribution >= 0.6 is 11.6 Å². The summed E-state index contributed by atoms with van der Waals surface area (Å²) >= 11 is 6.03. The zero-order chi connectivity index (χ0) is 16.4. The average Bonchev–Trinajstić information content (AvgIpc) is 2.94. The van der Waals surface area contributed by atoms with Crippen LogP contribution in [0.2, 0.25) is 5.02 Å². The Morgan fingerprint density at radius 3 is 2.83 bits per heavy atom. The largest absolute Gasteiger partial charge is 0.357 e. The van der Waals surface area contributed by atoms with E-state index in [0.29, 0.717) is 28.0 Å². The molecule has 4 aromatic rings. The van der Waals surface area contributed by atoms with Crippen LogP contribution in [0.5, 0.6) is 0 Å². The minimum Gasteiger partial charge on any atom is -0.357 e. The van der Waals surface area contributed by atoms with Gasteiger partial charge in [0.25, 0.3) is 11.1 Å². The van der Waals surface area contributed by atoms with Crippen molar-refractivity contribution in [1.82, 2.24) is 20.2 Å². The molecular weight excluding hydrogens is 328 g/mol. The molecule has 3 heterocycles. The topological polar surface area (TPSA) is 94.4 Å². The standard InChI is InChI=1S/C17H11ClN4O2/c18-8-2-3-9-11(6-8)20-17(24)14-13-10(19-16(9)14)4-1-7-5-12(23)21-22-15(7)13/h2-3,5-6,19H,1,4H2,(H,20,24)(H,21,23). The first-order chi connectivity index (χ1) is 11.6. The number of fused-ring (bicyclic) bond motifs is 7. The molecule has 0 radical (unpaired) electrons. The van der Waals surface area contributed by atoms with Crippen LogP contribution in [0, 0.1) is 0 Å². The molecule has 1 aliphatic carbocycles. The second-order valence-corrected chi connectivity index (χ2v) is 6.42. The average molecular weight is 339 g/mol. The molecule has 0 fully saturated rings. The van der Waals surface area contributed by atoms with E-state index in [1.165, 1.54) is 0 Å². The van der Waals surface area contributed by atoms with Crippen LogP contribution in [0.3, 0.4) is 0 Å². The minimum atomic E-state index is -0.231. The monoisotopic (exact) mass is 338 g/mol. The van der Waals surface area contributed by atoms with Gasteiger partial charge >= 0.3 is 0 Å². The number of halogens is 1. The Morgan fingerprint density at radius 2 is 1.96 bits per heavy atom. The maximum Gasteiger partial charge on any atom is 0.264 e. The van der Waals surface area contributed by atoms with E-state index in [2.05, 4.69) is 20.2 Å². The summed E-state index contributed by atoms with van der Waals surface area (Å²) in [4.78, 5) is 30.5. The Labute approximate surface area is 139 Å². The fourth-order valence-corrected chi connectivity index (χ4v) is 3.73. The summed E-state index contributed by atoms with van der Waals surface area (Å²) in [6.45, 7) is 0. The van der Waals surface area contributed by atoms with E-state index in [9.17, 15) is 9.59 Å². The van der Waals surface area contributed by atoms with E-state index in [1.807, 2.05) is 6.07 Å². The molecule has 0 unspecified atom stereocenters. The highest BCUT2D eigenvalue weighted by atomic mass is 35.5. The van der Waals surface area contributed by atoms with Crippen LogP contribution in [0.1, 0.15) is 11.3 Å². The molecule has 0 bridgehead atoms. The first kappa shape index (κ1) is 13.6. The second-order valence-electron chi connectivity index (χ2n) is 5.98. The Morgan fingerprint density at radius 1 is 1.08 bits per heavy atom. The molecule has 118 valence electrons. The molecule has 0 saturated heterocycles. The number of benzene rings is 1. The van der Waals surface area contributed by atoms with Gasteiger partial charge < -0.3 is 9.97 Å². The van der Waals surface area contributed by atoms with Crippen LogP contribution < -0.4 is 11.1 Å². The third-order valence-corrected chi connectivity index (χ3v) is 4.81. The first-order valence-electron chi connectivity index (χ1n) is 7.57. The predicted octanol–water partition coefficient (Wildman–Crippen LogP) is 2.51. The zero-order valence-electron chi connectivity index (χ0n) is 12.4. The number of H-pyrrole nitrogens is 3. The maximum atomic E-state index is 12.7. The van der Waals surface area contributed by atoms with E-state index < -0.39 is 0 Å². The molecule has 24 heavy (non-hydrogen) atoms. The third-order valence-electron chi connectivity index (χ3n) is 4.57.